The molecule has 0 saturated heterocycles. The molecule has 1 aromatic rings. The molecule has 3 N–H and O–H groups in total. The van der Waals surface area contributed by atoms with Crippen LogP contribution in [0.1, 0.15) is 72.2 Å². The minimum atomic E-state index is -0.903. The summed E-state index contributed by atoms with van der Waals surface area (Å²) in [5.41, 5.74) is 1.72. The van der Waals surface area contributed by atoms with Gasteiger partial charge in [0.1, 0.15) is 5.00 Å². The Morgan fingerprint density at radius 3 is 2.56 bits per heavy atom. The van der Waals surface area contributed by atoms with Crippen LogP contribution in [0.25, 0.3) is 0 Å². The van der Waals surface area contributed by atoms with E-state index in [1.807, 2.05) is 0 Å². The number of aryl methyl sites for hydroxylation is 1. The Morgan fingerprint density at radius 1 is 1.08 bits per heavy atom. The topological polar surface area (TPSA) is 95.5 Å². The molecule has 7 heteroatoms. The molecule has 0 unspecified atom stereocenters. The number of thiophene rings is 1. The zero-order valence-corrected chi connectivity index (χ0v) is 15.0. The molecular weight excluding hydrogens is 340 g/mol. The predicted octanol–water partition coefficient (Wildman–Crippen LogP) is 3.10. The van der Waals surface area contributed by atoms with E-state index in [0.717, 1.165) is 50.5 Å². The van der Waals surface area contributed by atoms with E-state index >= 15 is 0 Å². The lowest BCUT2D eigenvalue weighted by molar-refractivity contribution is -0.137. The molecule has 1 fully saturated rings. The number of hydrogen-bond acceptors (Lipinski definition) is 4. The van der Waals surface area contributed by atoms with Crippen LogP contribution in [0.15, 0.2) is 0 Å². The second-order valence-electron chi connectivity index (χ2n) is 6.81. The van der Waals surface area contributed by atoms with Gasteiger partial charge >= 0.3 is 5.97 Å². The molecule has 0 atom stereocenters. The number of carbonyl (C=O) groups excluding carboxylic acids is 2. The lowest BCUT2D eigenvalue weighted by Crippen LogP contribution is -2.33. The molecule has 0 spiro atoms. The summed E-state index contributed by atoms with van der Waals surface area (Å²) in [6.07, 6.45) is 7.67. The van der Waals surface area contributed by atoms with Crippen molar-refractivity contribution in [1.29, 1.82) is 0 Å². The molecule has 25 heavy (non-hydrogen) atoms. The fourth-order valence-electron chi connectivity index (χ4n) is 3.65. The van der Waals surface area contributed by atoms with Crippen molar-refractivity contribution < 1.29 is 19.5 Å². The molecule has 0 radical (unpaired) electrons. The van der Waals surface area contributed by atoms with Crippen molar-refractivity contribution in [2.75, 3.05) is 5.32 Å². The second-order valence-corrected chi connectivity index (χ2v) is 7.92. The van der Waals surface area contributed by atoms with Gasteiger partial charge in [-0.3, -0.25) is 14.4 Å². The standard InChI is InChI=1S/C18H24N2O4S/c21-14(9-4-10-15(22)23)20-18-16(12-7-3-8-13(12)25-18)17(24)19-11-5-1-2-6-11/h11H,1-10H2,(H,19,24)(H,20,21)(H,22,23). The van der Waals surface area contributed by atoms with E-state index in [0.29, 0.717) is 17.0 Å². The van der Waals surface area contributed by atoms with E-state index in [4.69, 9.17) is 5.11 Å². The minimum absolute atomic E-state index is 0.0244. The summed E-state index contributed by atoms with van der Waals surface area (Å²) in [5, 5.41) is 15.3. The first kappa shape index (κ1) is 17.9. The van der Waals surface area contributed by atoms with Crippen molar-refractivity contribution in [3.05, 3.63) is 16.0 Å². The third-order valence-corrected chi connectivity index (χ3v) is 6.09. The number of hydrogen-bond donors (Lipinski definition) is 3. The van der Waals surface area contributed by atoms with E-state index in [1.165, 1.54) is 16.2 Å². The van der Waals surface area contributed by atoms with Gasteiger partial charge in [0.15, 0.2) is 0 Å². The van der Waals surface area contributed by atoms with E-state index in [-0.39, 0.29) is 30.7 Å². The number of anilines is 1. The highest BCUT2D eigenvalue weighted by Gasteiger charge is 2.29. The molecule has 2 amide bonds. The van der Waals surface area contributed by atoms with Crippen molar-refractivity contribution in [1.82, 2.24) is 5.32 Å². The Bertz CT molecular complexity index is 677. The fourth-order valence-corrected chi connectivity index (χ4v) is 4.95. The molecule has 1 aromatic heterocycles. The van der Waals surface area contributed by atoms with Crippen LogP contribution < -0.4 is 10.6 Å². The summed E-state index contributed by atoms with van der Waals surface area (Å²) in [7, 11) is 0. The Kier molecular flexibility index (Phi) is 5.73. The van der Waals surface area contributed by atoms with Gasteiger partial charge in [0.2, 0.25) is 5.91 Å². The zero-order chi connectivity index (χ0) is 17.8. The number of carboxylic acids is 1. The zero-order valence-electron chi connectivity index (χ0n) is 14.2. The largest absolute Gasteiger partial charge is 0.481 e. The molecule has 6 nitrogen and oxygen atoms in total. The molecule has 2 aliphatic carbocycles. The third-order valence-electron chi connectivity index (χ3n) is 4.89. The van der Waals surface area contributed by atoms with Crippen LogP contribution in [0, 0.1) is 0 Å². The lowest BCUT2D eigenvalue weighted by Gasteiger charge is -2.14. The number of rotatable bonds is 7. The molecule has 2 aliphatic rings. The summed E-state index contributed by atoms with van der Waals surface area (Å²) in [4.78, 5) is 36.7. The molecular formula is C18H24N2O4S. The van der Waals surface area contributed by atoms with E-state index in [9.17, 15) is 14.4 Å². The average Bonchev–Trinajstić information content (AvgIpc) is 3.23. The number of fused-ring (bicyclic) bond motifs is 1. The van der Waals surface area contributed by atoms with Gasteiger partial charge in [-0.2, -0.15) is 0 Å². The summed E-state index contributed by atoms with van der Waals surface area (Å²) < 4.78 is 0. The Morgan fingerprint density at radius 2 is 1.84 bits per heavy atom. The molecule has 0 bridgehead atoms. The lowest BCUT2D eigenvalue weighted by atomic mass is 10.1. The summed E-state index contributed by atoms with van der Waals surface area (Å²) in [5.74, 6) is -1.21. The first-order valence-corrected chi connectivity index (χ1v) is 9.83. The molecule has 136 valence electrons. The molecule has 0 aromatic carbocycles. The third kappa shape index (κ3) is 4.39. The van der Waals surface area contributed by atoms with Crippen molar-refractivity contribution in [3.8, 4) is 0 Å². The van der Waals surface area contributed by atoms with Crippen LogP contribution >= 0.6 is 11.3 Å². The van der Waals surface area contributed by atoms with Crippen LogP contribution in [0.3, 0.4) is 0 Å². The first-order valence-electron chi connectivity index (χ1n) is 9.01. The fraction of sp³-hybridized carbons (Fsp3) is 0.611. The highest BCUT2D eigenvalue weighted by Crippen LogP contribution is 2.39. The first-order chi connectivity index (χ1) is 12.0. The van der Waals surface area contributed by atoms with Crippen LogP contribution in [-0.2, 0) is 22.4 Å². The Labute approximate surface area is 151 Å². The summed E-state index contributed by atoms with van der Waals surface area (Å²) in [6, 6.07) is 0.239. The molecule has 3 rings (SSSR count). The smallest absolute Gasteiger partial charge is 0.303 e. The molecule has 0 aliphatic heterocycles. The maximum Gasteiger partial charge on any atom is 0.303 e. The number of carbonyl (C=O) groups is 3. The van der Waals surface area contributed by atoms with Gasteiger partial charge in [0.25, 0.3) is 5.91 Å². The SMILES string of the molecule is O=C(O)CCCC(=O)Nc1sc2c(c1C(=O)NC1CCCC1)CCC2. The van der Waals surface area contributed by atoms with Crippen molar-refractivity contribution in [2.24, 2.45) is 0 Å². The molecule has 1 saturated carbocycles. The summed E-state index contributed by atoms with van der Waals surface area (Å²) >= 11 is 1.49. The van der Waals surface area contributed by atoms with Crippen LogP contribution in [0.2, 0.25) is 0 Å². The summed E-state index contributed by atoms with van der Waals surface area (Å²) in [6.45, 7) is 0. The number of aliphatic carboxylic acids is 1. The van der Waals surface area contributed by atoms with Gasteiger partial charge in [-0.15, -0.1) is 11.3 Å². The van der Waals surface area contributed by atoms with Gasteiger partial charge in [-0.25, -0.2) is 0 Å². The van der Waals surface area contributed by atoms with Crippen LogP contribution in [-0.4, -0.2) is 28.9 Å². The number of nitrogens with one attached hydrogen (secondary N) is 2. The Hall–Kier alpha value is -1.89. The van der Waals surface area contributed by atoms with E-state index < -0.39 is 5.97 Å². The highest BCUT2D eigenvalue weighted by molar-refractivity contribution is 7.17. The van der Waals surface area contributed by atoms with Gasteiger partial charge in [-0.1, -0.05) is 12.8 Å². The van der Waals surface area contributed by atoms with Crippen LogP contribution in [0.4, 0.5) is 5.00 Å². The maximum absolute atomic E-state index is 12.8. The number of amides is 2. The highest BCUT2D eigenvalue weighted by atomic mass is 32.1. The van der Waals surface area contributed by atoms with Gasteiger partial charge < -0.3 is 15.7 Å². The van der Waals surface area contributed by atoms with E-state index in [1.54, 1.807) is 0 Å². The number of carboxylic acid groups (broad SMARTS) is 1. The average molecular weight is 364 g/mol. The molecule has 1 heterocycles. The normalized spacial score (nSPS) is 16.6. The monoisotopic (exact) mass is 364 g/mol. The van der Waals surface area contributed by atoms with Gasteiger partial charge in [-0.05, 0) is 44.1 Å². The van der Waals surface area contributed by atoms with Crippen molar-refractivity contribution >= 4 is 34.1 Å². The van der Waals surface area contributed by atoms with Crippen LogP contribution in [0.5, 0.6) is 0 Å². The second kappa shape index (κ2) is 7.99. The maximum atomic E-state index is 12.8. The van der Waals surface area contributed by atoms with E-state index in [2.05, 4.69) is 10.6 Å². The van der Waals surface area contributed by atoms with Crippen molar-refractivity contribution in [2.45, 2.75) is 70.3 Å². The quantitative estimate of drug-likeness (QED) is 0.693. The predicted molar refractivity (Wildman–Crippen MR) is 96.2 cm³/mol. The van der Waals surface area contributed by atoms with Gasteiger partial charge in [0, 0.05) is 23.8 Å². The van der Waals surface area contributed by atoms with Crippen molar-refractivity contribution in [3.63, 3.8) is 0 Å². The van der Waals surface area contributed by atoms with Gasteiger partial charge in [0.05, 0.1) is 5.56 Å². The Balaban J connectivity index is 1.69. The minimum Gasteiger partial charge on any atom is -0.481 e.